The van der Waals surface area contributed by atoms with Gasteiger partial charge in [-0.2, -0.15) is 0 Å². The highest BCUT2D eigenvalue weighted by Crippen LogP contribution is 2.21. The predicted molar refractivity (Wildman–Crippen MR) is 94.3 cm³/mol. The fraction of sp³-hybridized carbons (Fsp3) is 0.368. The molecule has 0 aliphatic carbocycles. The van der Waals surface area contributed by atoms with Crippen LogP contribution in [0.2, 0.25) is 0 Å². The van der Waals surface area contributed by atoms with Crippen molar-refractivity contribution in [1.29, 1.82) is 0 Å². The lowest BCUT2D eigenvalue weighted by atomic mass is 9.75. The summed E-state index contributed by atoms with van der Waals surface area (Å²) in [5.41, 5.74) is 5.27. The van der Waals surface area contributed by atoms with Crippen LogP contribution in [0.5, 0.6) is 0 Å². The van der Waals surface area contributed by atoms with Crippen LogP contribution in [-0.4, -0.2) is 17.2 Å². The van der Waals surface area contributed by atoms with Crippen LogP contribution in [-0.2, 0) is 12.8 Å². The van der Waals surface area contributed by atoms with Crippen molar-refractivity contribution in [1.82, 2.24) is 0 Å². The summed E-state index contributed by atoms with van der Waals surface area (Å²) in [6, 6.07) is 14.5. The summed E-state index contributed by atoms with van der Waals surface area (Å²) in [6.45, 7) is 4.25. The van der Waals surface area contributed by atoms with Gasteiger partial charge in [0.25, 0.3) is 0 Å². The molecule has 2 nitrogen and oxygen atoms in total. The molecular formula is C19H25BO2. The topological polar surface area (TPSA) is 40.5 Å². The molecule has 0 amide bonds. The Kier molecular flexibility index (Phi) is 6.23. The Labute approximate surface area is 134 Å². The van der Waals surface area contributed by atoms with E-state index in [0.29, 0.717) is 5.46 Å². The third kappa shape index (κ3) is 4.22. The molecule has 116 valence electrons. The third-order valence-corrected chi connectivity index (χ3v) is 4.16. The number of unbranched alkanes of at least 4 members (excludes halogenated alkanes) is 2. The highest BCUT2D eigenvalue weighted by Gasteiger charge is 2.15. The highest BCUT2D eigenvalue weighted by molar-refractivity contribution is 6.59. The number of aryl methyl sites for hydroxylation is 2. The van der Waals surface area contributed by atoms with E-state index in [1.165, 1.54) is 30.4 Å². The molecule has 0 saturated carbocycles. The molecule has 2 aromatic rings. The molecule has 0 atom stereocenters. The summed E-state index contributed by atoms with van der Waals surface area (Å²) >= 11 is 0. The van der Waals surface area contributed by atoms with Gasteiger partial charge in [-0.1, -0.05) is 69.2 Å². The molecule has 2 aromatic carbocycles. The number of hydrogen-bond acceptors (Lipinski definition) is 2. The van der Waals surface area contributed by atoms with Gasteiger partial charge < -0.3 is 10.0 Å². The molecule has 2 rings (SSSR count). The second-order valence-electron chi connectivity index (χ2n) is 5.79. The number of rotatable bonds is 7. The first-order valence-corrected chi connectivity index (χ1v) is 8.24. The molecule has 0 radical (unpaired) electrons. The minimum Gasteiger partial charge on any atom is -0.423 e. The van der Waals surface area contributed by atoms with Crippen molar-refractivity contribution in [3.63, 3.8) is 0 Å². The Morgan fingerprint density at radius 1 is 0.864 bits per heavy atom. The molecule has 22 heavy (non-hydrogen) atoms. The van der Waals surface area contributed by atoms with E-state index in [1.807, 2.05) is 19.1 Å². The highest BCUT2D eigenvalue weighted by atomic mass is 16.4. The molecule has 0 aromatic heterocycles. The lowest BCUT2D eigenvalue weighted by Crippen LogP contribution is -2.32. The van der Waals surface area contributed by atoms with E-state index < -0.39 is 7.12 Å². The molecule has 0 bridgehead atoms. The van der Waals surface area contributed by atoms with Crippen molar-refractivity contribution in [2.45, 2.75) is 46.0 Å². The fourth-order valence-electron chi connectivity index (χ4n) is 2.79. The summed E-state index contributed by atoms with van der Waals surface area (Å²) in [4.78, 5) is 0. The first kappa shape index (κ1) is 16.8. The summed E-state index contributed by atoms with van der Waals surface area (Å²) in [5.74, 6) is 0. The molecule has 2 N–H and O–H groups in total. The van der Waals surface area contributed by atoms with Crippen LogP contribution in [0.25, 0.3) is 11.1 Å². The van der Waals surface area contributed by atoms with Gasteiger partial charge in [0, 0.05) is 0 Å². The minimum atomic E-state index is -1.40. The average Bonchev–Trinajstić information content (AvgIpc) is 2.55. The van der Waals surface area contributed by atoms with Gasteiger partial charge in [-0.05, 0) is 47.0 Å². The SMILES string of the molecule is CCCCCc1ccc(-c2ccc(B(O)O)c(CC)c2)cc1. The van der Waals surface area contributed by atoms with Crippen molar-refractivity contribution in [3.8, 4) is 11.1 Å². The van der Waals surface area contributed by atoms with Crippen LogP contribution in [0.15, 0.2) is 42.5 Å². The molecule has 0 heterocycles. The second-order valence-corrected chi connectivity index (χ2v) is 5.79. The molecular weight excluding hydrogens is 271 g/mol. The molecule has 0 saturated heterocycles. The van der Waals surface area contributed by atoms with E-state index in [2.05, 4.69) is 37.3 Å². The molecule has 0 aliphatic heterocycles. The van der Waals surface area contributed by atoms with E-state index in [-0.39, 0.29) is 0 Å². The van der Waals surface area contributed by atoms with E-state index in [1.54, 1.807) is 0 Å². The van der Waals surface area contributed by atoms with E-state index in [4.69, 9.17) is 0 Å². The van der Waals surface area contributed by atoms with Gasteiger partial charge in [0.05, 0.1) is 0 Å². The molecule has 0 unspecified atom stereocenters. The van der Waals surface area contributed by atoms with Crippen LogP contribution in [0.3, 0.4) is 0 Å². The normalized spacial score (nSPS) is 10.7. The number of hydrogen-bond donors (Lipinski definition) is 2. The Balaban J connectivity index is 2.17. The van der Waals surface area contributed by atoms with Crippen molar-refractivity contribution in [2.75, 3.05) is 0 Å². The van der Waals surface area contributed by atoms with Gasteiger partial charge >= 0.3 is 7.12 Å². The van der Waals surface area contributed by atoms with Gasteiger partial charge in [-0.15, -0.1) is 0 Å². The largest absolute Gasteiger partial charge is 0.488 e. The standard InChI is InChI=1S/C19H25BO2/c1-3-5-6-7-15-8-10-17(11-9-15)18-12-13-19(20(21)22)16(4-2)14-18/h8-14,21-22H,3-7H2,1-2H3. The zero-order valence-corrected chi connectivity index (χ0v) is 13.5. The molecule has 3 heteroatoms. The summed E-state index contributed by atoms with van der Waals surface area (Å²) in [5, 5.41) is 18.8. The van der Waals surface area contributed by atoms with Gasteiger partial charge in [-0.3, -0.25) is 0 Å². The van der Waals surface area contributed by atoms with Crippen molar-refractivity contribution >= 4 is 12.6 Å². The van der Waals surface area contributed by atoms with Gasteiger partial charge in [0.2, 0.25) is 0 Å². The molecule has 0 spiro atoms. The predicted octanol–water partition coefficient (Wildman–Crippen LogP) is 3.33. The maximum absolute atomic E-state index is 9.39. The molecule has 0 aliphatic rings. The first-order chi connectivity index (χ1) is 10.7. The molecule has 0 fully saturated rings. The van der Waals surface area contributed by atoms with E-state index in [0.717, 1.165) is 24.0 Å². The summed E-state index contributed by atoms with van der Waals surface area (Å²) in [7, 11) is -1.40. The number of benzene rings is 2. The zero-order chi connectivity index (χ0) is 15.9. The first-order valence-electron chi connectivity index (χ1n) is 8.24. The van der Waals surface area contributed by atoms with Crippen LogP contribution in [0.4, 0.5) is 0 Å². The van der Waals surface area contributed by atoms with Crippen LogP contribution >= 0.6 is 0 Å². The van der Waals surface area contributed by atoms with E-state index in [9.17, 15) is 10.0 Å². The average molecular weight is 296 g/mol. The minimum absolute atomic E-state index is 0.599. The summed E-state index contributed by atoms with van der Waals surface area (Å²) in [6.07, 6.45) is 5.71. The van der Waals surface area contributed by atoms with Crippen molar-refractivity contribution in [3.05, 3.63) is 53.6 Å². The quantitative estimate of drug-likeness (QED) is 0.608. The second kappa shape index (κ2) is 8.16. The van der Waals surface area contributed by atoms with Crippen molar-refractivity contribution < 1.29 is 10.0 Å². The smallest absolute Gasteiger partial charge is 0.423 e. The maximum atomic E-state index is 9.39. The third-order valence-electron chi connectivity index (χ3n) is 4.16. The lowest BCUT2D eigenvalue weighted by Gasteiger charge is -2.10. The van der Waals surface area contributed by atoms with Gasteiger partial charge in [0.15, 0.2) is 0 Å². The zero-order valence-electron chi connectivity index (χ0n) is 13.5. The summed E-state index contributed by atoms with van der Waals surface area (Å²) < 4.78 is 0. The fourth-order valence-corrected chi connectivity index (χ4v) is 2.79. The van der Waals surface area contributed by atoms with Gasteiger partial charge in [0.1, 0.15) is 0 Å². The lowest BCUT2D eigenvalue weighted by molar-refractivity contribution is 0.425. The van der Waals surface area contributed by atoms with Crippen LogP contribution < -0.4 is 5.46 Å². The Hall–Kier alpha value is -1.58. The van der Waals surface area contributed by atoms with Crippen LogP contribution in [0, 0.1) is 0 Å². The Bertz CT molecular complexity index is 591. The Morgan fingerprint density at radius 2 is 1.55 bits per heavy atom. The monoisotopic (exact) mass is 296 g/mol. The van der Waals surface area contributed by atoms with Crippen LogP contribution in [0.1, 0.15) is 44.2 Å². The van der Waals surface area contributed by atoms with Crippen molar-refractivity contribution in [2.24, 2.45) is 0 Å². The van der Waals surface area contributed by atoms with Gasteiger partial charge in [-0.25, -0.2) is 0 Å². The van der Waals surface area contributed by atoms with E-state index >= 15 is 0 Å². The maximum Gasteiger partial charge on any atom is 0.488 e. The Morgan fingerprint density at radius 3 is 2.14 bits per heavy atom.